The largest absolute Gasteiger partial charge is 0.507 e. The Bertz CT molecular complexity index is 1450. The van der Waals surface area contributed by atoms with Crippen LogP contribution >= 0.6 is 0 Å². The first-order chi connectivity index (χ1) is 18.5. The Labute approximate surface area is 227 Å². The van der Waals surface area contributed by atoms with Crippen LogP contribution in [0.1, 0.15) is 59.4 Å². The molecule has 1 fully saturated rings. The van der Waals surface area contributed by atoms with Gasteiger partial charge in [0.1, 0.15) is 5.76 Å². The van der Waals surface area contributed by atoms with Gasteiger partial charge in [-0.05, 0) is 52.4 Å². The highest BCUT2D eigenvalue weighted by atomic mass is 16.5. The molecule has 3 aromatic carbocycles. The summed E-state index contributed by atoms with van der Waals surface area (Å²) in [6, 6.07) is 17.6. The minimum absolute atomic E-state index is 0.0406. The minimum atomic E-state index is -1.06. The molecule has 8 heteroatoms. The molecule has 0 aromatic heterocycles. The van der Waals surface area contributed by atoms with E-state index in [-0.39, 0.29) is 28.9 Å². The normalized spacial score (nSPS) is 16.8. The Kier molecular flexibility index (Phi) is 7.49. The third-order valence-electron chi connectivity index (χ3n) is 6.84. The van der Waals surface area contributed by atoms with Gasteiger partial charge in [-0.25, -0.2) is 4.79 Å². The summed E-state index contributed by atoms with van der Waals surface area (Å²) in [6.07, 6.45) is 0. The van der Waals surface area contributed by atoms with E-state index in [9.17, 15) is 24.6 Å². The van der Waals surface area contributed by atoms with Crippen molar-refractivity contribution in [3.05, 3.63) is 100 Å². The van der Waals surface area contributed by atoms with Crippen molar-refractivity contribution < 1.29 is 34.1 Å². The van der Waals surface area contributed by atoms with Crippen LogP contribution in [0.15, 0.2) is 72.3 Å². The minimum Gasteiger partial charge on any atom is -0.507 e. The van der Waals surface area contributed by atoms with Crippen molar-refractivity contribution in [2.45, 2.75) is 38.8 Å². The molecule has 202 valence electrons. The molecule has 1 aliphatic heterocycles. The summed E-state index contributed by atoms with van der Waals surface area (Å²) < 4.78 is 10.6. The predicted octanol–water partition coefficient (Wildman–Crippen LogP) is 5.32. The number of carbonyl (C=O) groups excluding carboxylic acids is 2. The number of ketones is 1. The number of nitrogens with zero attached hydrogens (tertiary/aromatic N) is 1. The number of ether oxygens (including phenoxy) is 2. The standard InChI is InChI=1S/C31H31NO7/c1-31(2,3)22-13-10-19(11-14-22)26-25(27(33)21-12-15-23(38-4)24(16-21)39-5)28(34)29(35)32(26)17-18-6-8-20(9-7-18)30(36)37/h6-16,26,33H,17H2,1-5H3,(H,36,37)/b27-25-. The summed E-state index contributed by atoms with van der Waals surface area (Å²) in [5.74, 6) is -2.15. The van der Waals surface area contributed by atoms with Gasteiger partial charge in [-0.1, -0.05) is 57.2 Å². The summed E-state index contributed by atoms with van der Waals surface area (Å²) in [6.45, 7) is 6.31. The van der Waals surface area contributed by atoms with E-state index in [0.29, 0.717) is 28.2 Å². The fourth-order valence-electron chi connectivity index (χ4n) is 4.64. The highest BCUT2D eigenvalue weighted by Gasteiger charge is 2.46. The zero-order chi connectivity index (χ0) is 28.5. The molecule has 8 nitrogen and oxygen atoms in total. The summed E-state index contributed by atoms with van der Waals surface area (Å²) in [5.41, 5.74) is 2.64. The zero-order valence-corrected chi connectivity index (χ0v) is 22.5. The van der Waals surface area contributed by atoms with Gasteiger partial charge in [0, 0.05) is 12.1 Å². The molecule has 2 N–H and O–H groups in total. The van der Waals surface area contributed by atoms with Gasteiger partial charge in [-0.15, -0.1) is 0 Å². The number of likely N-dealkylation sites (tertiary alicyclic amines) is 1. The number of aliphatic hydroxyl groups is 1. The number of rotatable bonds is 7. The average Bonchev–Trinajstić information content (AvgIpc) is 3.17. The van der Waals surface area contributed by atoms with Crippen molar-refractivity contribution in [1.82, 2.24) is 4.90 Å². The number of aromatic carboxylic acids is 1. The average molecular weight is 530 g/mol. The van der Waals surface area contributed by atoms with Crippen molar-refractivity contribution >= 4 is 23.4 Å². The highest BCUT2D eigenvalue weighted by molar-refractivity contribution is 6.46. The number of amides is 1. The van der Waals surface area contributed by atoms with Crippen LogP contribution < -0.4 is 9.47 Å². The van der Waals surface area contributed by atoms with Gasteiger partial charge in [0.25, 0.3) is 11.7 Å². The van der Waals surface area contributed by atoms with Crippen molar-refractivity contribution in [1.29, 1.82) is 0 Å². The lowest BCUT2D eigenvalue weighted by molar-refractivity contribution is -0.140. The molecule has 39 heavy (non-hydrogen) atoms. The van der Waals surface area contributed by atoms with Crippen LogP contribution in [-0.2, 0) is 21.5 Å². The van der Waals surface area contributed by atoms with Crippen LogP contribution in [0.4, 0.5) is 0 Å². The topological polar surface area (TPSA) is 113 Å². The maximum Gasteiger partial charge on any atom is 0.335 e. The molecule has 1 heterocycles. The van der Waals surface area contributed by atoms with Gasteiger partial charge in [-0.3, -0.25) is 9.59 Å². The molecule has 3 aromatic rings. The van der Waals surface area contributed by atoms with Crippen LogP contribution in [0.5, 0.6) is 11.5 Å². The second-order valence-corrected chi connectivity index (χ2v) is 10.4. The second-order valence-electron chi connectivity index (χ2n) is 10.4. The van der Waals surface area contributed by atoms with E-state index < -0.39 is 23.7 Å². The summed E-state index contributed by atoms with van der Waals surface area (Å²) in [4.78, 5) is 39.4. The van der Waals surface area contributed by atoms with E-state index in [1.807, 2.05) is 24.3 Å². The molecule has 0 spiro atoms. The zero-order valence-electron chi connectivity index (χ0n) is 22.5. The molecule has 0 aliphatic carbocycles. The van der Waals surface area contributed by atoms with Gasteiger partial charge >= 0.3 is 5.97 Å². The van der Waals surface area contributed by atoms with Gasteiger partial charge < -0.3 is 24.6 Å². The SMILES string of the molecule is COc1ccc(/C(O)=C2/C(=O)C(=O)N(Cc3ccc(C(=O)O)cc3)C2c2ccc(C(C)(C)C)cc2)cc1OC. The Morgan fingerprint density at radius 2 is 1.44 bits per heavy atom. The Balaban J connectivity index is 1.85. The van der Waals surface area contributed by atoms with Crippen LogP contribution in [0.3, 0.4) is 0 Å². The fraction of sp³-hybridized carbons (Fsp3) is 0.258. The first kappa shape index (κ1) is 27.4. The molecule has 0 bridgehead atoms. The molecular formula is C31H31NO7. The molecule has 1 atom stereocenters. The first-order valence-corrected chi connectivity index (χ1v) is 12.4. The van der Waals surface area contributed by atoms with Crippen molar-refractivity contribution in [2.75, 3.05) is 14.2 Å². The number of carboxylic acid groups (broad SMARTS) is 1. The molecule has 1 aliphatic rings. The van der Waals surface area contributed by atoms with Crippen molar-refractivity contribution in [3.63, 3.8) is 0 Å². The van der Waals surface area contributed by atoms with Gasteiger partial charge in [0.2, 0.25) is 0 Å². The Morgan fingerprint density at radius 3 is 1.97 bits per heavy atom. The third kappa shape index (κ3) is 5.36. The van der Waals surface area contributed by atoms with Crippen LogP contribution in [0.25, 0.3) is 5.76 Å². The van der Waals surface area contributed by atoms with Crippen molar-refractivity contribution in [3.8, 4) is 11.5 Å². The van der Waals surface area contributed by atoms with Crippen LogP contribution in [0.2, 0.25) is 0 Å². The molecule has 0 saturated carbocycles. The van der Waals surface area contributed by atoms with Crippen LogP contribution in [-0.4, -0.2) is 47.0 Å². The van der Waals surface area contributed by atoms with Gasteiger partial charge in [0.15, 0.2) is 11.5 Å². The van der Waals surface area contributed by atoms with E-state index in [4.69, 9.17) is 9.47 Å². The monoisotopic (exact) mass is 529 g/mol. The number of methoxy groups -OCH3 is 2. The van der Waals surface area contributed by atoms with E-state index in [0.717, 1.165) is 5.56 Å². The van der Waals surface area contributed by atoms with E-state index >= 15 is 0 Å². The molecule has 1 unspecified atom stereocenters. The number of hydrogen-bond donors (Lipinski definition) is 2. The molecule has 1 amide bonds. The summed E-state index contributed by atoms with van der Waals surface area (Å²) in [7, 11) is 2.96. The fourth-order valence-corrected chi connectivity index (χ4v) is 4.64. The lowest BCUT2D eigenvalue weighted by Gasteiger charge is -2.26. The van der Waals surface area contributed by atoms with Crippen molar-refractivity contribution in [2.24, 2.45) is 0 Å². The number of aliphatic hydroxyl groups excluding tert-OH is 1. The number of benzene rings is 3. The molecular weight excluding hydrogens is 498 g/mol. The second kappa shape index (κ2) is 10.6. The van der Waals surface area contributed by atoms with Gasteiger partial charge in [-0.2, -0.15) is 0 Å². The number of hydrogen-bond acceptors (Lipinski definition) is 6. The number of carboxylic acids is 1. The number of carbonyl (C=O) groups is 3. The third-order valence-corrected chi connectivity index (χ3v) is 6.84. The summed E-state index contributed by atoms with van der Waals surface area (Å²) in [5, 5.41) is 20.6. The molecule has 1 saturated heterocycles. The Hall–Kier alpha value is -4.59. The molecule has 0 radical (unpaired) electrons. The smallest absolute Gasteiger partial charge is 0.335 e. The first-order valence-electron chi connectivity index (χ1n) is 12.4. The quantitative estimate of drug-likeness (QED) is 0.242. The lowest BCUT2D eigenvalue weighted by Crippen LogP contribution is -2.29. The van der Waals surface area contributed by atoms with E-state index in [1.54, 1.807) is 30.3 Å². The maximum absolute atomic E-state index is 13.4. The number of Topliss-reactive ketones (excluding diaryl/α,β-unsaturated/α-hetero) is 1. The maximum atomic E-state index is 13.4. The highest BCUT2D eigenvalue weighted by Crippen LogP contribution is 2.42. The van der Waals surface area contributed by atoms with Crippen LogP contribution in [0, 0.1) is 0 Å². The van der Waals surface area contributed by atoms with E-state index in [2.05, 4.69) is 20.8 Å². The Morgan fingerprint density at radius 1 is 0.846 bits per heavy atom. The van der Waals surface area contributed by atoms with E-state index in [1.165, 1.54) is 31.3 Å². The lowest BCUT2D eigenvalue weighted by atomic mass is 9.85. The summed E-state index contributed by atoms with van der Waals surface area (Å²) >= 11 is 0. The predicted molar refractivity (Wildman–Crippen MR) is 146 cm³/mol. The van der Waals surface area contributed by atoms with Gasteiger partial charge in [0.05, 0.1) is 31.4 Å². The molecule has 4 rings (SSSR count).